The molecule has 3 rings (SSSR count). The van der Waals surface area contributed by atoms with E-state index in [4.69, 9.17) is 16.3 Å². The van der Waals surface area contributed by atoms with Gasteiger partial charge in [0, 0.05) is 18.0 Å². The summed E-state index contributed by atoms with van der Waals surface area (Å²) in [6.45, 7) is 2.83. The normalized spacial score (nSPS) is 14.5. The topological polar surface area (TPSA) is 46.6 Å². The summed E-state index contributed by atoms with van der Waals surface area (Å²) in [6.07, 6.45) is 0.0323. The Morgan fingerprint density at radius 2 is 1.85 bits per heavy atom. The zero-order valence-electron chi connectivity index (χ0n) is 14.5. The highest BCUT2D eigenvalue weighted by atomic mass is 35.5. The van der Waals surface area contributed by atoms with Gasteiger partial charge in [-0.25, -0.2) is 0 Å². The Balaban J connectivity index is 1.51. The maximum atomic E-state index is 12.6. The smallest absolute Gasteiger partial charge is 0.317 e. The molecule has 1 aliphatic rings. The summed E-state index contributed by atoms with van der Waals surface area (Å²) in [6, 6.07) is 15.4. The number of esters is 1. The van der Waals surface area contributed by atoms with Crippen molar-refractivity contribution in [1.82, 2.24) is 4.90 Å². The van der Waals surface area contributed by atoms with Crippen LogP contribution in [0.1, 0.15) is 18.1 Å². The fourth-order valence-electron chi connectivity index (χ4n) is 2.92. The number of thioether (sulfide) groups is 1. The number of fused-ring (bicyclic) bond motifs is 1. The fraction of sp³-hybridized carbons (Fsp3) is 0.300. The Morgan fingerprint density at radius 1 is 1.15 bits per heavy atom. The van der Waals surface area contributed by atoms with Crippen LogP contribution < -0.4 is 0 Å². The average molecular weight is 390 g/mol. The number of ether oxygens (including phenoxy) is 1. The molecule has 0 spiro atoms. The number of carbonyl (C=O) groups excluding carboxylic acids is 2. The van der Waals surface area contributed by atoms with Crippen molar-refractivity contribution in [2.24, 2.45) is 0 Å². The van der Waals surface area contributed by atoms with Crippen LogP contribution in [-0.2, 0) is 27.3 Å². The van der Waals surface area contributed by atoms with Gasteiger partial charge >= 0.3 is 5.97 Å². The molecule has 6 heteroatoms. The molecule has 0 N–H and O–H groups in total. The molecule has 2 aromatic rings. The molecule has 0 saturated heterocycles. The first-order chi connectivity index (χ1) is 12.5. The Labute approximate surface area is 162 Å². The molecule has 1 unspecified atom stereocenters. The second kappa shape index (κ2) is 8.60. The van der Waals surface area contributed by atoms with E-state index in [1.165, 1.54) is 17.3 Å². The van der Waals surface area contributed by atoms with E-state index in [2.05, 4.69) is 6.07 Å². The highest BCUT2D eigenvalue weighted by Crippen LogP contribution is 2.26. The highest BCUT2D eigenvalue weighted by molar-refractivity contribution is 8.00. The van der Waals surface area contributed by atoms with Gasteiger partial charge in [0.25, 0.3) is 5.91 Å². The first-order valence-electron chi connectivity index (χ1n) is 8.47. The molecule has 0 fully saturated rings. The molecule has 136 valence electrons. The van der Waals surface area contributed by atoms with Gasteiger partial charge in [0.1, 0.15) is 0 Å². The molecule has 0 radical (unpaired) electrons. The third-order valence-electron chi connectivity index (χ3n) is 4.28. The lowest BCUT2D eigenvalue weighted by atomic mass is 9.99. The first kappa shape index (κ1) is 18.8. The monoisotopic (exact) mass is 389 g/mol. The van der Waals surface area contributed by atoms with Gasteiger partial charge in [0.2, 0.25) is 0 Å². The third kappa shape index (κ3) is 4.59. The van der Waals surface area contributed by atoms with Crippen LogP contribution in [0.4, 0.5) is 0 Å². The molecule has 1 amide bonds. The molecule has 26 heavy (non-hydrogen) atoms. The van der Waals surface area contributed by atoms with Crippen LogP contribution in [0.3, 0.4) is 0 Å². The Bertz CT molecular complexity index is 811. The van der Waals surface area contributed by atoms with E-state index in [9.17, 15) is 9.59 Å². The largest absolute Gasteiger partial charge is 0.452 e. The number of hydrogen-bond donors (Lipinski definition) is 0. The standard InChI is InChI=1S/C20H20ClNO3S/c1-14(25-19(23)13-26-18-9-5-4-8-17(18)21)20(24)22-11-10-15-6-2-3-7-16(15)12-22/h2-9,14H,10-13H2,1H3. The first-order valence-corrected chi connectivity index (χ1v) is 9.83. The molecule has 1 heterocycles. The predicted octanol–water partition coefficient (Wildman–Crippen LogP) is 3.95. The van der Waals surface area contributed by atoms with Crippen molar-refractivity contribution >= 4 is 35.2 Å². The van der Waals surface area contributed by atoms with Gasteiger partial charge in [0.05, 0.1) is 10.8 Å². The molecule has 2 aromatic carbocycles. The minimum atomic E-state index is -0.792. The van der Waals surface area contributed by atoms with E-state index in [0.717, 1.165) is 16.9 Å². The number of halogens is 1. The maximum Gasteiger partial charge on any atom is 0.317 e. The Kier molecular flexibility index (Phi) is 6.22. The molecule has 0 aliphatic carbocycles. The lowest BCUT2D eigenvalue weighted by Gasteiger charge is -2.30. The van der Waals surface area contributed by atoms with Crippen LogP contribution in [0, 0.1) is 0 Å². The van der Waals surface area contributed by atoms with E-state index in [1.54, 1.807) is 17.9 Å². The van der Waals surface area contributed by atoms with E-state index >= 15 is 0 Å². The van der Waals surface area contributed by atoms with Crippen molar-refractivity contribution in [3.63, 3.8) is 0 Å². The second-order valence-electron chi connectivity index (χ2n) is 6.13. The van der Waals surface area contributed by atoms with E-state index in [-0.39, 0.29) is 11.7 Å². The Hall–Kier alpha value is -1.98. The van der Waals surface area contributed by atoms with E-state index in [1.807, 2.05) is 36.4 Å². The summed E-state index contributed by atoms with van der Waals surface area (Å²) < 4.78 is 5.32. The van der Waals surface area contributed by atoms with Crippen molar-refractivity contribution in [3.8, 4) is 0 Å². The molecule has 0 aromatic heterocycles. The molecule has 0 bridgehead atoms. The maximum absolute atomic E-state index is 12.6. The lowest BCUT2D eigenvalue weighted by molar-refractivity contribution is -0.157. The van der Waals surface area contributed by atoms with Gasteiger partial charge in [0.15, 0.2) is 6.10 Å². The van der Waals surface area contributed by atoms with E-state index < -0.39 is 12.1 Å². The predicted molar refractivity (Wildman–Crippen MR) is 103 cm³/mol. The van der Waals surface area contributed by atoms with Crippen molar-refractivity contribution in [2.45, 2.75) is 30.9 Å². The molecule has 0 saturated carbocycles. The van der Waals surface area contributed by atoms with Gasteiger partial charge in [-0.15, -0.1) is 11.8 Å². The summed E-state index contributed by atoms with van der Waals surface area (Å²) in [4.78, 5) is 27.2. The zero-order valence-corrected chi connectivity index (χ0v) is 16.1. The van der Waals surface area contributed by atoms with Gasteiger partial charge in [-0.05, 0) is 36.6 Å². The second-order valence-corrected chi connectivity index (χ2v) is 7.55. The minimum Gasteiger partial charge on any atom is -0.452 e. The number of benzene rings is 2. The van der Waals surface area contributed by atoms with Gasteiger partial charge < -0.3 is 9.64 Å². The zero-order chi connectivity index (χ0) is 18.5. The average Bonchev–Trinajstić information content (AvgIpc) is 2.66. The van der Waals surface area contributed by atoms with Gasteiger partial charge in [-0.1, -0.05) is 48.0 Å². The van der Waals surface area contributed by atoms with Crippen LogP contribution in [0.25, 0.3) is 0 Å². The number of nitrogens with zero attached hydrogens (tertiary/aromatic N) is 1. The van der Waals surface area contributed by atoms with Gasteiger partial charge in [-0.3, -0.25) is 9.59 Å². The number of carbonyl (C=O) groups is 2. The molecule has 1 atom stereocenters. The number of rotatable bonds is 5. The molecular formula is C20H20ClNO3S. The van der Waals surface area contributed by atoms with Crippen LogP contribution >= 0.6 is 23.4 Å². The Morgan fingerprint density at radius 3 is 2.62 bits per heavy atom. The summed E-state index contributed by atoms with van der Waals surface area (Å²) in [7, 11) is 0. The molecular weight excluding hydrogens is 370 g/mol. The summed E-state index contributed by atoms with van der Waals surface area (Å²) >= 11 is 7.38. The van der Waals surface area contributed by atoms with Crippen molar-refractivity contribution < 1.29 is 14.3 Å². The lowest BCUT2D eigenvalue weighted by Crippen LogP contribution is -2.42. The van der Waals surface area contributed by atoms with Gasteiger partial charge in [-0.2, -0.15) is 0 Å². The highest BCUT2D eigenvalue weighted by Gasteiger charge is 2.26. The quantitative estimate of drug-likeness (QED) is 0.573. The third-order valence-corrected chi connectivity index (χ3v) is 5.77. The minimum absolute atomic E-state index is 0.115. The van der Waals surface area contributed by atoms with Crippen LogP contribution in [0.15, 0.2) is 53.4 Å². The van der Waals surface area contributed by atoms with Crippen molar-refractivity contribution in [2.75, 3.05) is 12.3 Å². The van der Waals surface area contributed by atoms with E-state index in [0.29, 0.717) is 18.1 Å². The summed E-state index contributed by atoms with van der Waals surface area (Å²) in [5.41, 5.74) is 2.43. The van der Waals surface area contributed by atoms with Crippen molar-refractivity contribution in [1.29, 1.82) is 0 Å². The summed E-state index contributed by atoms with van der Waals surface area (Å²) in [5.74, 6) is -0.465. The SMILES string of the molecule is CC(OC(=O)CSc1ccccc1Cl)C(=O)N1CCc2ccccc2C1. The van der Waals surface area contributed by atoms with Crippen LogP contribution in [0.2, 0.25) is 5.02 Å². The number of hydrogen-bond acceptors (Lipinski definition) is 4. The molecule has 1 aliphatic heterocycles. The fourth-order valence-corrected chi connectivity index (χ4v) is 3.94. The van der Waals surface area contributed by atoms with Crippen LogP contribution in [0.5, 0.6) is 0 Å². The van der Waals surface area contributed by atoms with Crippen LogP contribution in [-0.4, -0.2) is 35.2 Å². The summed E-state index contributed by atoms with van der Waals surface area (Å²) in [5, 5.41) is 0.599. The molecule has 4 nitrogen and oxygen atoms in total. The van der Waals surface area contributed by atoms with Crippen molar-refractivity contribution in [3.05, 3.63) is 64.7 Å². The number of amides is 1.